The zero-order valence-electron chi connectivity index (χ0n) is 16.1. The molecule has 0 bridgehead atoms. The van der Waals surface area contributed by atoms with Crippen molar-refractivity contribution in [2.24, 2.45) is 0 Å². The van der Waals surface area contributed by atoms with Gasteiger partial charge in [-0.1, -0.05) is 30.3 Å². The van der Waals surface area contributed by atoms with E-state index < -0.39 is 10.0 Å². The molecule has 0 saturated carbocycles. The minimum absolute atomic E-state index is 0.138. The molecular formula is C21H27N3O3S. The number of anilines is 1. The molecule has 1 aliphatic rings. The Kier molecular flexibility index (Phi) is 6.70. The van der Waals surface area contributed by atoms with Gasteiger partial charge < -0.3 is 10.2 Å². The van der Waals surface area contributed by atoms with E-state index in [0.29, 0.717) is 12.1 Å². The van der Waals surface area contributed by atoms with Gasteiger partial charge in [-0.2, -0.15) is 0 Å². The van der Waals surface area contributed by atoms with Gasteiger partial charge in [0, 0.05) is 24.8 Å². The zero-order valence-corrected chi connectivity index (χ0v) is 16.9. The maximum atomic E-state index is 12.6. The molecule has 0 radical (unpaired) electrons. The molecule has 1 aliphatic heterocycles. The van der Waals surface area contributed by atoms with Crippen LogP contribution in [0.2, 0.25) is 0 Å². The van der Waals surface area contributed by atoms with Gasteiger partial charge in [0.15, 0.2) is 0 Å². The second-order valence-corrected chi connectivity index (χ2v) is 8.91. The monoisotopic (exact) mass is 401 g/mol. The van der Waals surface area contributed by atoms with E-state index >= 15 is 0 Å². The molecular weight excluding hydrogens is 374 g/mol. The van der Waals surface area contributed by atoms with Gasteiger partial charge in [-0.3, -0.25) is 0 Å². The number of sulfonamides is 1. The van der Waals surface area contributed by atoms with Gasteiger partial charge in [0.25, 0.3) is 0 Å². The van der Waals surface area contributed by atoms with Crippen LogP contribution >= 0.6 is 0 Å². The zero-order chi connectivity index (χ0) is 20.0. The minimum atomic E-state index is -3.60. The van der Waals surface area contributed by atoms with Crippen LogP contribution < -0.4 is 10.0 Å². The van der Waals surface area contributed by atoms with E-state index in [1.165, 1.54) is 17.7 Å². The molecule has 1 fully saturated rings. The number of carbonyl (C=O) groups is 1. The Bertz CT molecular complexity index is 877. The lowest BCUT2D eigenvalue weighted by Crippen LogP contribution is -2.33. The van der Waals surface area contributed by atoms with Gasteiger partial charge >= 0.3 is 6.03 Å². The van der Waals surface area contributed by atoms with Crippen molar-refractivity contribution in [1.29, 1.82) is 0 Å². The lowest BCUT2D eigenvalue weighted by molar-refractivity contribution is 0.222. The summed E-state index contributed by atoms with van der Waals surface area (Å²) in [7, 11) is -3.60. The molecule has 1 saturated heterocycles. The Morgan fingerprint density at radius 1 is 1.04 bits per heavy atom. The number of carbonyl (C=O) groups excluding carboxylic acids is 1. The Hall–Kier alpha value is -2.38. The Labute approximate surface area is 167 Å². The predicted molar refractivity (Wildman–Crippen MR) is 111 cm³/mol. The minimum Gasteiger partial charge on any atom is -0.325 e. The first-order valence-electron chi connectivity index (χ1n) is 9.66. The average Bonchev–Trinajstić information content (AvgIpc) is 3.22. The highest BCUT2D eigenvalue weighted by Gasteiger charge is 2.19. The fraction of sp³-hybridized carbons (Fsp3) is 0.381. The molecule has 1 atom stereocenters. The van der Waals surface area contributed by atoms with E-state index in [4.69, 9.17) is 0 Å². The number of nitrogens with one attached hydrogen (secondary N) is 2. The summed E-state index contributed by atoms with van der Waals surface area (Å²) in [6.07, 6.45) is 3.58. The van der Waals surface area contributed by atoms with Crippen LogP contribution in [-0.2, 0) is 16.4 Å². The number of benzene rings is 2. The van der Waals surface area contributed by atoms with Crippen molar-refractivity contribution in [2.75, 3.05) is 18.4 Å². The highest BCUT2D eigenvalue weighted by molar-refractivity contribution is 7.89. The van der Waals surface area contributed by atoms with Crippen molar-refractivity contribution < 1.29 is 13.2 Å². The third kappa shape index (κ3) is 5.56. The van der Waals surface area contributed by atoms with Gasteiger partial charge in [-0.15, -0.1) is 0 Å². The van der Waals surface area contributed by atoms with Crippen molar-refractivity contribution in [3.8, 4) is 0 Å². The van der Waals surface area contributed by atoms with Crippen molar-refractivity contribution in [3.63, 3.8) is 0 Å². The summed E-state index contributed by atoms with van der Waals surface area (Å²) in [5.41, 5.74) is 1.78. The van der Waals surface area contributed by atoms with Crippen molar-refractivity contribution in [3.05, 3.63) is 60.2 Å². The van der Waals surface area contributed by atoms with Crippen molar-refractivity contribution >= 4 is 21.7 Å². The van der Waals surface area contributed by atoms with Crippen molar-refractivity contribution in [1.82, 2.24) is 9.62 Å². The molecule has 2 N–H and O–H groups in total. The molecule has 28 heavy (non-hydrogen) atoms. The number of rotatable bonds is 7. The molecule has 2 amide bonds. The molecule has 3 rings (SSSR count). The van der Waals surface area contributed by atoms with Gasteiger partial charge in [0.1, 0.15) is 0 Å². The maximum absolute atomic E-state index is 12.6. The highest BCUT2D eigenvalue weighted by atomic mass is 32.2. The number of amides is 2. The van der Waals surface area contributed by atoms with Gasteiger partial charge in [-0.05, 0) is 62.4 Å². The van der Waals surface area contributed by atoms with E-state index in [-0.39, 0.29) is 17.0 Å². The standard InChI is InChI=1S/C21H27N3O3S/c1-17(9-10-18-7-3-2-4-8-18)23-28(26,27)20-13-11-19(12-14-20)22-21(25)24-15-5-6-16-24/h2-4,7-8,11-14,17,23H,5-6,9-10,15-16H2,1H3,(H,22,25)/t17-/m1/s1. The predicted octanol–water partition coefficient (Wildman–Crippen LogP) is 3.61. The molecule has 2 aromatic rings. The normalized spacial score (nSPS) is 15.4. The van der Waals surface area contributed by atoms with Crippen LogP contribution in [0.5, 0.6) is 0 Å². The largest absolute Gasteiger partial charge is 0.325 e. The number of urea groups is 1. The van der Waals surface area contributed by atoms with Crippen molar-refractivity contribution in [2.45, 2.75) is 43.5 Å². The van der Waals surface area contributed by atoms with Crippen LogP contribution in [0.1, 0.15) is 31.7 Å². The Balaban J connectivity index is 1.54. The summed E-state index contributed by atoms with van der Waals surface area (Å²) in [6, 6.07) is 16.0. The molecule has 150 valence electrons. The van der Waals surface area contributed by atoms with Crippen LogP contribution in [0.25, 0.3) is 0 Å². The van der Waals surface area contributed by atoms with Crippen LogP contribution in [-0.4, -0.2) is 38.5 Å². The number of hydrogen-bond donors (Lipinski definition) is 2. The summed E-state index contributed by atoms with van der Waals surface area (Å²) in [6.45, 7) is 3.40. The molecule has 0 aliphatic carbocycles. The lowest BCUT2D eigenvalue weighted by Gasteiger charge is -2.17. The van der Waals surface area contributed by atoms with E-state index in [9.17, 15) is 13.2 Å². The molecule has 1 heterocycles. The maximum Gasteiger partial charge on any atom is 0.321 e. The fourth-order valence-electron chi connectivity index (χ4n) is 3.26. The summed E-state index contributed by atoms with van der Waals surface area (Å²) in [5, 5.41) is 2.81. The molecule has 7 heteroatoms. The quantitative estimate of drug-likeness (QED) is 0.744. The molecule has 0 unspecified atom stereocenters. The van der Waals surface area contributed by atoms with E-state index in [1.54, 1.807) is 17.0 Å². The highest BCUT2D eigenvalue weighted by Crippen LogP contribution is 2.17. The first-order chi connectivity index (χ1) is 13.4. The first-order valence-corrected chi connectivity index (χ1v) is 11.1. The van der Waals surface area contributed by atoms with Gasteiger partial charge in [0.05, 0.1) is 4.90 Å². The average molecular weight is 402 g/mol. The molecule has 6 nitrogen and oxygen atoms in total. The second kappa shape index (κ2) is 9.21. The Morgan fingerprint density at radius 2 is 1.68 bits per heavy atom. The second-order valence-electron chi connectivity index (χ2n) is 7.20. The molecule has 0 spiro atoms. The topological polar surface area (TPSA) is 78.5 Å². The summed E-state index contributed by atoms with van der Waals surface area (Å²) < 4.78 is 27.9. The van der Waals surface area contributed by atoms with Crippen LogP contribution in [0.15, 0.2) is 59.5 Å². The third-order valence-electron chi connectivity index (χ3n) is 4.87. The number of nitrogens with zero attached hydrogens (tertiary/aromatic N) is 1. The molecule has 0 aromatic heterocycles. The lowest BCUT2D eigenvalue weighted by atomic mass is 10.1. The van der Waals surface area contributed by atoms with Crippen LogP contribution in [0.3, 0.4) is 0 Å². The van der Waals surface area contributed by atoms with E-state index in [1.807, 2.05) is 37.3 Å². The molecule has 2 aromatic carbocycles. The number of hydrogen-bond acceptors (Lipinski definition) is 3. The summed E-state index contributed by atoms with van der Waals surface area (Å²) in [4.78, 5) is 14.1. The van der Waals surface area contributed by atoms with Crippen LogP contribution in [0, 0.1) is 0 Å². The first kappa shape index (κ1) is 20.4. The van der Waals surface area contributed by atoms with E-state index in [2.05, 4.69) is 10.0 Å². The number of likely N-dealkylation sites (tertiary alicyclic amines) is 1. The van der Waals surface area contributed by atoms with Crippen LogP contribution in [0.4, 0.5) is 10.5 Å². The van der Waals surface area contributed by atoms with Gasteiger partial charge in [0.2, 0.25) is 10.0 Å². The smallest absolute Gasteiger partial charge is 0.321 e. The SMILES string of the molecule is C[C@H](CCc1ccccc1)NS(=O)(=O)c1ccc(NC(=O)N2CCCC2)cc1. The summed E-state index contributed by atoms with van der Waals surface area (Å²) >= 11 is 0. The van der Waals surface area contributed by atoms with E-state index in [0.717, 1.165) is 32.4 Å². The fourth-order valence-corrected chi connectivity index (χ4v) is 4.54. The summed E-state index contributed by atoms with van der Waals surface area (Å²) in [5.74, 6) is 0. The third-order valence-corrected chi connectivity index (χ3v) is 6.48. The number of aryl methyl sites for hydroxylation is 1. The Morgan fingerprint density at radius 3 is 2.32 bits per heavy atom. The van der Waals surface area contributed by atoms with Gasteiger partial charge in [-0.25, -0.2) is 17.9 Å².